The van der Waals surface area contributed by atoms with Gasteiger partial charge in [-0.05, 0) is 18.6 Å². The molecule has 0 spiro atoms. The van der Waals surface area contributed by atoms with Crippen molar-refractivity contribution in [2.24, 2.45) is 0 Å². The number of amides is 2. The summed E-state index contributed by atoms with van der Waals surface area (Å²) in [6, 6.07) is 7.28. The van der Waals surface area contributed by atoms with Crippen LogP contribution >= 0.6 is 0 Å². The van der Waals surface area contributed by atoms with Crippen LogP contribution in [-0.2, 0) is 17.8 Å². The highest BCUT2D eigenvalue weighted by Crippen LogP contribution is 2.27. The topological polar surface area (TPSA) is 75.6 Å². The number of likely N-dealkylation sites (tertiary alicyclic amines) is 1. The van der Waals surface area contributed by atoms with E-state index in [1.54, 1.807) is 26.2 Å². The molecule has 7 nitrogen and oxygen atoms in total. The van der Waals surface area contributed by atoms with Gasteiger partial charge in [-0.1, -0.05) is 12.1 Å². The molecule has 1 unspecified atom stereocenters. The normalized spacial score (nSPS) is 18.7. The molecule has 2 aromatic rings. The summed E-state index contributed by atoms with van der Waals surface area (Å²) < 4.78 is 5.32. The molecule has 0 N–H and O–H groups in total. The van der Waals surface area contributed by atoms with E-state index in [1.165, 1.54) is 0 Å². The average Bonchev–Trinajstić information content (AvgIpc) is 3.23. The van der Waals surface area contributed by atoms with Gasteiger partial charge in [-0.15, -0.1) is 0 Å². The molecule has 0 saturated carbocycles. The molecule has 28 heavy (non-hydrogen) atoms. The van der Waals surface area contributed by atoms with E-state index in [1.807, 2.05) is 28.1 Å². The van der Waals surface area contributed by atoms with Crippen LogP contribution in [0.1, 0.15) is 46.7 Å². The van der Waals surface area contributed by atoms with Crippen LogP contribution in [0, 0.1) is 0 Å². The van der Waals surface area contributed by atoms with Crippen LogP contribution in [0.2, 0.25) is 0 Å². The van der Waals surface area contributed by atoms with Gasteiger partial charge in [0.25, 0.3) is 5.91 Å². The first-order valence-corrected chi connectivity index (χ1v) is 9.59. The Hall–Kier alpha value is -2.96. The number of nitrogens with zero attached hydrogens (tertiary/aromatic N) is 4. The lowest BCUT2D eigenvalue weighted by Crippen LogP contribution is -2.37. The minimum absolute atomic E-state index is 0.0416. The molecule has 2 aliphatic heterocycles. The van der Waals surface area contributed by atoms with Gasteiger partial charge >= 0.3 is 0 Å². The van der Waals surface area contributed by atoms with Crippen LogP contribution in [0.3, 0.4) is 0 Å². The van der Waals surface area contributed by atoms with Gasteiger partial charge in [0.15, 0.2) is 0 Å². The second-order valence-corrected chi connectivity index (χ2v) is 7.33. The summed E-state index contributed by atoms with van der Waals surface area (Å²) in [5.74, 6) is 1.65. The molecular weight excluding hydrogens is 356 g/mol. The first-order valence-electron chi connectivity index (χ1n) is 9.59. The van der Waals surface area contributed by atoms with Crippen LogP contribution in [0.15, 0.2) is 30.5 Å². The van der Waals surface area contributed by atoms with Gasteiger partial charge in [0.2, 0.25) is 5.91 Å². The minimum atomic E-state index is -0.0416. The SMILES string of the molecule is COc1ccccc1C(=O)N1CCc2nc(C3CCN(C(C)=O)C3)ncc2C1. The second kappa shape index (κ2) is 7.58. The van der Waals surface area contributed by atoms with Crippen molar-refractivity contribution in [2.45, 2.75) is 32.2 Å². The third-order valence-electron chi connectivity index (χ3n) is 5.58. The maximum absolute atomic E-state index is 12.9. The lowest BCUT2D eigenvalue weighted by atomic mass is 10.0. The molecule has 2 amide bonds. The molecule has 3 heterocycles. The molecule has 1 aromatic heterocycles. The molecule has 0 radical (unpaired) electrons. The van der Waals surface area contributed by atoms with E-state index in [9.17, 15) is 9.59 Å². The summed E-state index contributed by atoms with van der Waals surface area (Å²) >= 11 is 0. The number of hydrogen-bond acceptors (Lipinski definition) is 5. The second-order valence-electron chi connectivity index (χ2n) is 7.33. The lowest BCUT2D eigenvalue weighted by Gasteiger charge is -2.29. The van der Waals surface area contributed by atoms with E-state index in [4.69, 9.17) is 9.72 Å². The standard InChI is InChI=1S/C21H24N4O3/c1-14(26)24-9-7-15(12-24)20-22-11-16-13-25(10-8-18(16)23-20)21(27)17-5-3-4-6-19(17)28-2/h3-6,11,15H,7-10,12-13H2,1-2H3. The number of ether oxygens (including phenoxy) is 1. The van der Waals surface area contributed by atoms with Gasteiger partial charge in [0, 0.05) is 57.2 Å². The third-order valence-corrected chi connectivity index (χ3v) is 5.58. The fourth-order valence-corrected chi connectivity index (χ4v) is 3.95. The van der Waals surface area contributed by atoms with Gasteiger partial charge < -0.3 is 14.5 Å². The summed E-state index contributed by atoms with van der Waals surface area (Å²) in [6.45, 7) is 4.17. The highest BCUT2D eigenvalue weighted by Gasteiger charge is 2.29. The van der Waals surface area contributed by atoms with Crippen molar-refractivity contribution in [2.75, 3.05) is 26.7 Å². The van der Waals surface area contributed by atoms with Crippen LogP contribution in [0.4, 0.5) is 0 Å². The quantitative estimate of drug-likeness (QED) is 0.814. The van der Waals surface area contributed by atoms with Crippen molar-refractivity contribution in [1.82, 2.24) is 19.8 Å². The molecule has 2 aliphatic rings. The predicted octanol–water partition coefficient (Wildman–Crippen LogP) is 2.02. The first-order chi connectivity index (χ1) is 13.6. The maximum atomic E-state index is 12.9. The summed E-state index contributed by atoms with van der Waals surface area (Å²) in [4.78, 5) is 37.5. The van der Waals surface area contributed by atoms with Gasteiger partial charge in [-0.2, -0.15) is 0 Å². The largest absolute Gasteiger partial charge is 0.496 e. The Kier molecular flexibility index (Phi) is 4.98. The van der Waals surface area contributed by atoms with E-state index < -0.39 is 0 Å². The molecule has 1 aromatic carbocycles. The summed E-state index contributed by atoms with van der Waals surface area (Å²) in [6.07, 6.45) is 3.45. The Labute approximate surface area is 164 Å². The fourth-order valence-electron chi connectivity index (χ4n) is 3.95. The highest BCUT2D eigenvalue weighted by molar-refractivity contribution is 5.97. The summed E-state index contributed by atoms with van der Waals surface area (Å²) in [5, 5.41) is 0. The van der Waals surface area contributed by atoms with E-state index in [-0.39, 0.29) is 17.7 Å². The molecule has 0 aliphatic carbocycles. The van der Waals surface area contributed by atoms with Crippen molar-refractivity contribution in [3.63, 3.8) is 0 Å². The zero-order valence-corrected chi connectivity index (χ0v) is 16.2. The monoisotopic (exact) mass is 380 g/mol. The number of hydrogen-bond donors (Lipinski definition) is 0. The smallest absolute Gasteiger partial charge is 0.257 e. The zero-order chi connectivity index (χ0) is 19.7. The van der Waals surface area contributed by atoms with Crippen LogP contribution < -0.4 is 4.74 Å². The highest BCUT2D eigenvalue weighted by atomic mass is 16.5. The fraction of sp³-hybridized carbons (Fsp3) is 0.429. The molecular formula is C21H24N4O3. The van der Waals surface area contributed by atoms with E-state index in [0.29, 0.717) is 37.4 Å². The van der Waals surface area contributed by atoms with Crippen molar-refractivity contribution in [3.8, 4) is 5.75 Å². The molecule has 4 rings (SSSR count). The van der Waals surface area contributed by atoms with Crippen LogP contribution in [0.5, 0.6) is 5.75 Å². The number of para-hydroxylation sites is 1. The van der Waals surface area contributed by atoms with Gasteiger partial charge in [-0.3, -0.25) is 9.59 Å². The van der Waals surface area contributed by atoms with E-state index >= 15 is 0 Å². The Bertz CT molecular complexity index is 914. The predicted molar refractivity (Wildman–Crippen MR) is 103 cm³/mol. The van der Waals surface area contributed by atoms with Crippen molar-refractivity contribution < 1.29 is 14.3 Å². The zero-order valence-electron chi connectivity index (χ0n) is 16.2. The maximum Gasteiger partial charge on any atom is 0.257 e. The van der Waals surface area contributed by atoms with Crippen molar-refractivity contribution >= 4 is 11.8 Å². The van der Waals surface area contributed by atoms with Crippen molar-refractivity contribution in [1.29, 1.82) is 0 Å². The number of carbonyl (C=O) groups excluding carboxylic acids is 2. The van der Waals surface area contributed by atoms with Crippen LogP contribution in [0.25, 0.3) is 0 Å². The number of aromatic nitrogens is 2. The molecule has 7 heteroatoms. The molecule has 1 saturated heterocycles. The van der Waals surface area contributed by atoms with E-state index in [2.05, 4.69) is 4.98 Å². The van der Waals surface area contributed by atoms with Gasteiger partial charge in [0.05, 0.1) is 18.4 Å². The third kappa shape index (κ3) is 3.44. The number of benzene rings is 1. The Morgan fingerprint density at radius 1 is 1.18 bits per heavy atom. The Morgan fingerprint density at radius 2 is 2.00 bits per heavy atom. The number of rotatable bonds is 3. The summed E-state index contributed by atoms with van der Waals surface area (Å²) in [5.41, 5.74) is 2.57. The van der Waals surface area contributed by atoms with Gasteiger partial charge in [-0.25, -0.2) is 9.97 Å². The molecule has 1 atom stereocenters. The Morgan fingerprint density at radius 3 is 2.75 bits per heavy atom. The Balaban J connectivity index is 1.49. The average molecular weight is 380 g/mol. The number of carbonyl (C=O) groups is 2. The minimum Gasteiger partial charge on any atom is -0.496 e. The first kappa shape index (κ1) is 18.4. The van der Waals surface area contributed by atoms with Crippen LogP contribution in [-0.4, -0.2) is 58.3 Å². The lowest BCUT2D eigenvalue weighted by molar-refractivity contribution is -0.127. The number of fused-ring (bicyclic) bond motifs is 1. The molecule has 1 fully saturated rings. The van der Waals surface area contributed by atoms with E-state index in [0.717, 1.165) is 30.0 Å². The number of methoxy groups -OCH3 is 1. The summed E-state index contributed by atoms with van der Waals surface area (Å²) in [7, 11) is 1.57. The van der Waals surface area contributed by atoms with Gasteiger partial charge in [0.1, 0.15) is 11.6 Å². The molecule has 146 valence electrons. The van der Waals surface area contributed by atoms with Crippen molar-refractivity contribution in [3.05, 3.63) is 53.1 Å². The molecule has 0 bridgehead atoms.